The number of carbonyl (C=O) groups is 2. The monoisotopic (exact) mass is 390 g/mol. The van der Waals surface area contributed by atoms with Gasteiger partial charge in [-0.1, -0.05) is 18.2 Å². The first-order chi connectivity index (χ1) is 12.7. The van der Waals surface area contributed by atoms with Crippen LogP contribution in [0.25, 0.3) is 0 Å². The van der Waals surface area contributed by atoms with Crippen molar-refractivity contribution in [2.24, 2.45) is 5.14 Å². The maximum Gasteiger partial charge on any atom is 0.238 e. The quantitative estimate of drug-likeness (QED) is 0.501. The second kappa shape index (κ2) is 9.26. The normalized spacial score (nSPS) is 11.0. The van der Waals surface area contributed by atoms with Gasteiger partial charge in [0.1, 0.15) is 0 Å². The number of rotatable bonds is 8. The van der Waals surface area contributed by atoms with Gasteiger partial charge < -0.3 is 16.0 Å². The van der Waals surface area contributed by atoms with Gasteiger partial charge in [0.25, 0.3) is 0 Å². The summed E-state index contributed by atoms with van der Waals surface area (Å²) in [7, 11) is -3.69. The molecular weight excluding hydrogens is 368 g/mol. The van der Waals surface area contributed by atoms with Gasteiger partial charge in [-0.05, 0) is 48.9 Å². The minimum absolute atomic E-state index is 0.0695. The van der Waals surface area contributed by atoms with Gasteiger partial charge in [0, 0.05) is 18.3 Å². The highest BCUT2D eigenvalue weighted by atomic mass is 32.2. The van der Waals surface area contributed by atoms with E-state index in [1.54, 1.807) is 36.4 Å². The van der Waals surface area contributed by atoms with E-state index in [2.05, 4.69) is 16.0 Å². The van der Waals surface area contributed by atoms with Crippen molar-refractivity contribution in [3.63, 3.8) is 0 Å². The SMILES string of the molecule is CC(=O)Nc1cccc(NC(=O)CNCCc2ccc(S(N)(=O)=O)cc2)c1. The van der Waals surface area contributed by atoms with Crippen molar-refractivity contribution in [1.82, 2.24) is 5.32 Å². The Hall–Kier alpha value is -2.75. The molecule has 0 radical (unpaired) electrons. The number of hydrogen-bond acceptors (Lipinski definition) is 5. The molecule has 5 N–H and O–H groups in total. The molecule has 0 aliphatic rings. The average molecular weight is 390 g/mol. The molecule has 0 unspecified atom stereocenters. The van der Waals surface area contributed by atoms with Gasteiger partial charge in [-0.2, -0.15) is 0 Å². The number of nitrogens with two attached hydrogens (primary N) is 1. The molecule has 0 aliphatic carbocycles. The van der Waals surface area contributed by atoms with Crippen LogP contribution in [0.5, 0.6) is 0 Å². The van der Waals surface area contributed by atoms with Gasteiger partial charge in [-0.25, -0.2) is 13.6 Å². The summed E-state index contributed by atoms with van der Waals surface area (Å²) in [6, 6.07) is 13.2. The van der Waals surface area contributed by atoms with E-state index in [0.717, 1.165) is 5.56 Å². The van der Waals surface area contributed by atoms with Gasteiger partial charge in [0.2, 0.25) is 21.8 Å². The Kier molecular flexibility index (Phi) is 7.05. The van der Waals surface area contributed by atoms with Crippen LogP contribution in [0.4, 0.5) is 11.4 Å². The van der Waals surface area contributed by atoms with Crippen molar-refractivity contribution in [3.05, 3.63) is 54.1 Å². The van der Waals surface area contributed by atoms with Crippen molar-refractivity contribution < 1.29 is 18.0 Å². The number of primary sulfonamides is 1. The molecule has 0 saturated carbocycles. The van der Waals surface area contributed by atoms with Crippen molar-refractivity contribution in [1.29, 1.82) is 0 Å². The molecule has 9 heteroatoms. The fraction of sp³-hybridized carbons (Fsp3) is 0.222. The lowest BCUT2D eigenvalue weighted by Crippen LogP contribution is -2.29. The Balaban J connectivity index is 1.75. The van der Waals surface area contributed by atoms with Crippen LogP contribution >= 0.6 is 0 Å². The number of carbonyl (C=O) groups excluding carboxylic acids is 2. The van der Waals surface area contributed by atoms with Gasteiger partial charge >= 0.3 is 0 Å². The van der Waals surface area contributed by atoms with E-state index in [9.17, 15) is 18.0 Å². The molecule has 2 rings (SSSR count). The van der Waals surface area contributed by atoms with E-state index in [4.69, 9.17) is 5.14 Å². The van der Waals surface area contributed by atoms with Gasteiger partial charge in [0.05, 0.1) is 11.4 Å². The summed E-state index contributed by atoms with van der Waals surface area (Å²) >= 11 is 0. The van der Waals surface area contributed by atoms with Crippen molar-refractivity contribution in [2.75, 3.05) is 23.7 Å². The first kappa shape index (κ1) is 20.6. The number of nitrogens with one attached hydrogen (secondary N) is 3. The summed E-state index contributed by atoms with van der Waals surface area (Å²) in [6.07, 6.45) is 0.635. The lowest BCUT2D eigenvalue weighted by Gasteiger charge is -2.09. The maximum absolute atomic E-state index is 12.0. The van der Waals surface area contributed by atoms with Crippen LogP contribution in [0.2, 0.25) is 0 Å². The summed E-state index contributed by atoms with van der Waals surface area (Å²) in [5, 5.41) is 13.5. The Morgan fingerprint density at radius 1 is 1.00 bits per heavy atom. The number of hydrogen-bond donors (Lipinski definition) is 4. The summed E-state index contributed by atoms with van der Waals surface area (Å²) in [5.74, 6) is -0.392. The van der Waals surface area contributed by atoms with Crippen molar-refractivity contribution in [2.45, 2.75) is 18.2 Å². The largest absolute Gasteiger partial charge is 0.326 e. The number of anilines is 2. The molecule has 0 bridgehead atoms. The highest BCUT2D eigenvalue weighted by Gasteiger charge is 2.07. The Bertz CT molecular complexity index is 911. The van der Waals surface area contributed by atoms with Gasteiger partial charge in [-0.15, -0.1) is 0 Å². The van der Waals surface area contributed by atoms with Gasteiger partial charge in [0.15, 0.2) is 0 Å². The molecule has 0 atom stereocenters. The third-order valence-electron chi connectivity index (χ3n) is 3.59. The zero-order valence-corrected chi connectivity index (χ0v) is 15.7. The standard InChI is InChI=1S/C18H22N4O4S/c1-13(23)21-15-3-2-4-16(11-15)22-18(24)12-20-10-9-14-5-7-17(8-6-14)27(19,25)26/h2-8,11,20H,9-10,12H2,1H3,(H,21,23)(H,22,24)(H2,19,25,26). The summed E-state index contributed by atoms with van der Waals surface area (Å²) < 4.78 is 22.4. The zero-order valence-electron chi connectivity index (χ0n) is 14.9. The molecular formula is C18H22N4O4S. The molecule has 144 valence electrons. The van der Waals surface area contributed by atoms with E-state index in [1.807, 2.05) is 0 Å². The predicted octanol–water partition coefficient (Wildman–Crippen LogP) is 1.06. The van der Waals surface area contributed by atoms with Crippen LogP contribution in [0.1, 0.15) is 12.5 Å². The Morgan fingerprint density at radius 3 is 2.22 bits per heavy atom. The Labute approximate surface area is 158 Å². The molecule has 0 aliphatic heterocycles. The molecule has 27 heavy (non-hydrogen) atoms. The van der Waals surface area contributed by atoms with E-state index in [1.165, 1.54) is 19.1 Å². The van der Waals surface area contributed by atoms with E-state index >= 15 is 0 Å². The molecule has 0 spiro atoms. The second-order valence-electron chi connectivity index (χ2n) is 5.93. The minimum Gasteiger partial charge on any atom is -0.326 e. The second-order valence-corrected chi connectivity index (χ2v) is 7.49. The van der Waals surface area contributed by atoms with Crippen molar-refractivity contribution in [3.8, 4) is 0 Å². The molecule has 8 nitrogen and oxygen atoms in total. The van der Waals surface area contributed by atoms with E-state index < -0.39 is 10.0 Å². The van der Waals surface area contributed by atoms with Crippen molar-refractivity contribution >= 4 is 33.2 Å². The van der Waals surface area contributed by atoms with Gasteiger partial charge in [-0.3, -0.25) is 9.59 Å². The minimum atomic E-state index is -3.69. The van der Waals surface area contributed by atoms with Crippen LogP contribution in [-0.4, -0.2) is 33.3 Å². The van der Waals surface area contributed by atoms with E-state index in [0.29, 0.717) is 24.3 Å². The Morgan fingerprint density at radius 2 is 1.63 bits per heavy atom. The van der Waals surface area contributed by atoms with Crippen LogP contribution in [0, 0.1) is 0 Å². The maximum atomic E-state index is 12.0. The molecule has 0 fully saturated rings. The van der Waals surface area contributed by atoms with Crippen LogP contribution < -0.4 is 21.1 Å². The van der Waals surface area contributed by atoms with Crippen LogP contribution in [0.3, 0.4) is 0 Å². The molecule has 0 aromatic heterocycles. The first-order valence-electron chi connectivity index (χ1n) is 8.24. The number of benzene rings is 2. The van der Waals surface area contributed by atoms with Crippen LogP contribution in [-0.2, 0) is 26.0 Å². The zero-order chi connectivity index (χ0) is 19.9. The van der Waals surface area contributed by atoms with Crippen LogP contribution in [0.15, 0.2) is 53.4 Å². The predicted molar refractivity (Wildman–Crippen MR) is 104 cm³/mol. The molecule has 2 amide bonds. The fourth-order valence-electron chi connectivity index (χ4n) is 2.36. The first-order valence-corrected chi connectivity index (χ1v) is 9.78. The highest BCUT2D eigenvalue weighted by Crippen LogP contribution is 2.14. The third-order valence-corrected chi connectivity index (χ3v) is 4.52. The smallest absolute Gasteiger partial charge is 0.238 e. The number of amides is 2. The average Bonchev–Trinajstić information content (AvgIpc) is 2.58. The topological polar surface area (TPSA) is 130 Å². The highest BCUT2D eigenvalue weighted by molar-refractivity contribution is 7.89. The lowest BCUT2D eigenvalue weighted by atomic mass is 10.1. The molecule has 2 aromatic rings. The van der Waals surface area contributed by atoms with E-state index in [-0.39, 0.29) is 23.3 Å². The molecule has 2 aromatic carbocycles. The molecule has 0 saturated heterocycles. The molecule has 0 heterocycles. The number of sulfonamides is 1. The lowest BCUT2D eigenvalue weighted by molar-refractivity contribution is -0.115. The summed E-state index contributed by atoms with van der Waals surface area (Å²) in [6.45, 7) is 2.09. The summed E-state index contributed by atoms with van der Waals surface area (Å²) in [4.78, 5) is 23.1. The summed E-state index contributed by atoms with van der Waals surface area (Å²) in [5.41, 5.74) is 2.13. The fourth-order valence-corrected chi connectivity index (χ4v) is 2.88. The third kappa shape index (κ3) is 7.18.